The lowest BCUT2D eigenvalue weighted by molar-refractivity contribution is -0.117. The molecule has 1 aromatic carbocycles. The molecular weight excluding hydrogens is 403 g/mol. The lowest BCUT2D eigenvalue weighted by Gasteiger charge is -2.06. The van der Waals surface area contributed by atoms with Crippen LogP contribution in [0.5, 0.6) is 0 Å². The Morgan fingerprint density at radius 1 is 0.967 bits per heavy atom. The molecule has 0 amide bonds. The molecule has 0 N–H and O–H groups in total. The number of pyridine rings is 2. The maximum Gasteiger partial charge on any atom is 0.158 e. The number of halogens is 1. The van der Waals surface area contributed by atoms with Gasteiger partial charge in [0.25, 0.3) is 0 Å². The largest absolute Gasteiger partial charge is 0.299 e. The standard InChI is InChI=1S/C23H21FN2O3S/c24-19-11-18(13-25-14-19)17-6-4-16(5-7-17)10-22(27)12-20-2-1-3-21(26-20)15-30(28,29)23-8-9-23/h1-7,11,13-14,23H,8-10,12,15H2. The van der Waals surface area contributed by atoms with Crippen LogP contribution in [0.15, 0.2) is 60.9 Å². The van der Waals surface area contributed by atoms with E-state index in [4.69, 9.17) is 0 Å². The van der Waals surface area contributed by atoms with E-state index in [0.717, 1.165) is 30.2 Å². The van der Waals surface area contributed by atoms with Crippen molar-refractivity contribution >= 4 is 15.6 Å². The minimum atomic E-state index is -3.14. The summed E-state index contributed by atoms with van der Waals surface area (Å²) in [5, 5.41) is -0.226. The lowest BCUT2D eigenvalue weighted by atomic mass is 10.0. The summed E-state index contributed by atoms with van der Waals surface area (Å²) in [7, 11) is -3.14. The van der Waals surface area contributed by atoms with Crippen molar-refractivity contribution in [3.63, 3.8) is 0 Å². The number of carbonyl (C=O) groups excluding carboxylic acids is 1. The van der Waals surface area contributed by atoms with Crippen molar-refractivity contribution in [1.82, 2.24) is 9.97 Å². The molecular formula is C23H21FN2O3S. The van der Waals surface area contributed by atoms with Gasteiger partial charge in [0.15, 0.2) is 9.84 Å². The van der Waals surface area contributed by atoms with Gasteiger partial charge >= 0.3 is 0 Å². The minimum Gasteiger partial charge on any atom is -0.299 e. The predicted octanol–water partition coefficient (Wildman–Crippen LogP) is 3.71. The quantitative estimate of drug-likeness (QED) is 0.551. The summed E-state index contributed by atoms with van der Waals surface area (Å²) in [5.41, 5.74) is 3.41. The smallest absolute Gasteiger partial charge is 0.158 e. The van der Waals surface area contributed by atoms with E-state index in [2.05, 4.69) is 9.97 Å². The van der Waals surface area contributed by atoms with E-state index in [1.807, 2.05) is 24.3 Å². The number of ketones is 1. The molecule has 3 aromatic rings. The van der Waals surface area contributed by atoms with Gasteiger partial charge in [0.2, 0.25) is 0 Å². The summed E-state index contributed by atoms with van der Waals surface area (Å²) in [6.45, 7) is 0. The fraction of sp³-hybridized carbons (Fsp3) is 0.261. The Kier molecular flexibility index (Phi) is 5.72. The number of carbonyl (C=O) groups is 1. The van der Waals surface area contributed by atoms with Crippen LogP contribution in [0.2, 0.25) is 0 Å². The molecule has 0 radical (unpaired) electrons. The van der Waals surface area contributed by atoms with E-state index < -0.39 is 15.7 Å². The summed E-state index contributed by atoms with van der Waals surface area (Å²) < 4.78 is 37.6. The molecule has 2 heterocycles. The zero-order valence-electron chi connectivity index (χ0n) is 16.3. The Balaban J connectivity index is 1.38. The zero-order valence-corrected chi connectivity index (χ0v) is 17.1. The maximum atomic E-state index is 13.3. The third-order valence-electron chi connectivity index (χ3n) is 5.02. The first kappa shape index (κ1) is 20.3. The molecule has 0 bridgehead atoms. The van der Waals surface area contributed by atoms with Crippen LogP contribution in [0.25, 0.3) is 11.1 Å². The molecule has 2 aromatic heterocycles. The van der Waals surface area contributed by atoms with E-state index in [0.29, 0.717) is 17.0 Å². The van der Waals surface area contributed by atoms with Crippen LogP contribution in [0.4, 0.5) is 4.39 Å². The highest BCUT2D eigenvalue weighted by atomic mass is 32.2. The van der Waals surface area contributed by atoms with E-state index >= 15 is 0 Å². The fourth-order valence-corrected chi connectivity index (χ4v) is 5.00. The van der Waals surface area contributed by atoms with Gasteiger partial charge in [0.1, 0.15) is 11.6 Å². The van der Waals surface area contributed by atoms with E-state index in [9.17, 15) is 17.6 Å². The highest BCUT2D eigenvalue weighted by Gasteiger charge is 2.35. The summed E-state index contributed by atoms with van der Waals surface area (Å²) in [4.78, 5) is 20.7. The van der Waals surface area contributed by atoms with Gasteiger partial charge in [-0.3, -0.25) is 14.8 Å². The average molecular weight is 424 g/mol. The number of rotatable bonds is 8. The Bertz CT molecular complexity index is 1170. The van der Waals surface area contributed by atoms with E-state index in [1.165, 1.54) is 6.07 Å². The zero-order chi connectivity index (χ0) is 21.1. The molecule has 1 saturated carbocycles. The monoisotopic (exact) mass is 424 g/mol. The average Bonchev–Trinajstić information content (AvgIpc) is 3.54. The Labute approximate surface area is 174 Å². The van der Waals surface area contributed by atoms with Crippen molar-refractivity contribution in [2.24, 2.45) is 0 Å². The van der Waals surface area contributed by atoms with Gasteiger partial charge in [-0.25, -0.2) is 12.8 Å². The lowest BCUT2D eigenvalue weighted by Crippen LogP contribution is -2.13. The van der Waals surface area contributed by atoms with Crippen LogP contribution in [0.1, 0.15) is 29.8 Å². The Hall–Kier alpha value is -2.93. The van der Waals surface area contributed by atoms with Crippen LogP contribution in [0.3, 0.4) is 0 Å². The van der Waals surface area contributed by atoms with E-state index in [-0.39, 0.29) is 29.6 Å². The predicted molar refractivity (Wildman–Crippen MR) is 112 cm³/mol. The molecule has 0 unspecified atom stereocenters. The molecule has 0 saturated heterocycles. The molecule has 0 atom stereocenters. The molecule has 5 nitrogen and oxygen atoms in total. The normalized spacial score (nSPS) is 13.9. The third kappa shape index (κ3) is 5.16. The van der Waals surface area contributed by atoms with Crippen molar-refractivity contribution in [3.05, 3.63) is 83.7 Å². The first-order chi connectivity index (χ1) is 14.4. The van der Waals surface area contributed by atoms with Crippen molar-refractivity contribution < 1.29 is 17.6 Å². The second kappa shape index (κ2) is 8.44. The highest BCUT2D eigenvalue weighted by Crippen LogP contribution is 2.30. The molecule has 154 valence electrons. The number of aromatic nitrogens is 2. The number of nitrogens with zero attached hydrogens (tertiary/aromatic N) is 2. The highest BCUT2D eigenvalue weighted by molar-refractivity contribution is 7.91. The van der Waals surface area contributed by atoms with Gasteiger partial charge in [-0.05, 0) is 42.2 Å². The van der Waals surface area contributed by atoms with Crippen LogP contribution in [-0.4, -0.2) is 29.4 Å². The molecule has 30 heavy (non-hydrogen) atoms. The van der Waals surface area contributed by atoms with Gasteiger partial charge in [-0.1, -0.05) is 30.3 Å². The van der Waals surface area contributed by atoms with Crippen molar-refractivity contribution in [2.45, 2.75) is 36.7 Å². The van der Waals surface area contributed by atoms with Gasteiger partial charge in [0, 0.05) is 30.3 Å². The first-order valence-corrected chi connectivity index (χ1v) is 11.5. The summed E-state index contributed by atoms with van der Waals surface area (Å²) in [5.74, 6) is -0.480. The fourth-order valence-electron chi connectivity index (χ4n) is 3.34. The SMILES string of the molecule is O=C(Cc1ccc(-c2cncc(F)c2)cc1)Cc1cccc(CS(=O)(=O)C2CC2)n1. The summed E-state index contributed by atoms with van der Waals surface area (Å²) in [6, 6.07) is 13.9. The Morgan fingerprint density at radius 3 is 2.40 bits per heavy atom. The number of Topliss-reactive ketones (excluding diaryl/α,β-unsaturated/α-hetero) is 1. The van der Waals surface area contributed by atoms with Gasteiger partial charge in [-0.2, -0.15) is 0 Å². The molecule has 1 aliphatic rings. The van der Waals surface area contributed by atoms with Gasteiger partial charge < -0.3 is 0 Å². The van der Waals surface area contributed by atoms with E-state index in [1.54, 1.807) is 24.4 Å². The molecule has 0 spiro atoms. The maximum absolute atomic E-state index is 13.3. The molecule has 0 aliphatic heterocycles. The second-order valence-corrected chi connectivity index (χ2v) is 9.89. The van der Waals surface area contributed by atoms with Gasteiger partial charge in [-0.15, -0.1) is 0 Å². The van der Waals surface area contributed by atoms with Gasteiger partial charge in [0.05, 0.1) is 22.9 Å². The van der Waals surface area contributed by atoms with Crippen LogP contribution in [0, 0.1) is 5.82 Å². The summed E-state index contributed by atoms with van der Waals surface area (Å²) in [6.07, 6.45) is 4.59. The van der Waals surface area contributed by atoms with Crippen LogP contribution >= 0.6 is 0 Å². The second-order valence-electron chi connectivity index (χ2n) is 7.61. The van der Waals surface area contributed by atoms with Crippen LogP contribution < -0.4 is 0 Å². The summed E-state index contributed by atoms with van der Waals surface area (Å²) >= 11 is 0. The molecule has 4 rings (SSSR count). The molecule has 7 heteroatoms. The van der Waals surface area contributed by atoms with Crippen LogP contribution in [-0.2, 0) is 33.2 Å². The van der Waals surface area contributed by atoms with Crippen molar-refractivity contribution in [2.75, 3.05) is 0 Å². The minimum absolute atomic E-state index is 0.00938. The molecule has 1 fully saturated rings. The topological polar surface area (TPSA) is 77.0 Å². The number of sulfone groups is 1. The molecule has 1 aliphatic carbocycles. The van der Waals surface area contributed by atoms with Crippen molar-refractivity contribution in [1.29, 1.82) is 0 Å². The number of benzene rings is 1. The van der Waals surface area contributed by atoms with Crippen molar-refractivity contribution in [3.8, 4) is 11.1 Å². The number of hydrogen-bond acceptors (Lipinski definition) is 5. The third-order valence-corrected chi connectivity index (χ3v) is 7.20. The number of hydrogen-bond donors (Lipinski definition) is 0. The Morgan fingerprint density at radius 2 is 1.70 bits per heavy atom. The first-order valence-electron chi connectivity index (χ1n) is 9.77.